The molecule has 1 atom stereocenters. The van der Waals surface area contributed by atoms with Crippen LogP contribution in [0, 0.1) is 0 Å². The first-order valence-corrected chi connectivity index (χ1v) is 27.0. The van der Waals surface area contributed by atoms with Crippen LogP contribution in [-0.4, -0.2) is 37.9 Å². The van der Waals surface area contributed by atoms with Crippen LogP contribution in [0.15, 0.2) is 158 Å². The van der Waals surface area contributed by atoms with Crippen molar-refractivity contribution in [1.82, 2.24) is 0 Å². The maximum Gasteiger partial charge on any atom is 0.306 e. The van der Waals surface area contributed by atoms with Gasteiger partial charge in [-0.25, -0.2) is 0 Å². The SMILES string of the molecule is CC/C=C\C/C=C\C/C=C\C/C=C\C/C=C\CCCCOCC(COC(=O)CCC/C=C\C/C=C\C/C=C\C/C=C\C/C=C\CC)OC(=O)CCCCCCCCC/C=C\C/C=C\C/C=C\CC. The minimum absolute atomic E-state index is 0.0226. The van der Waals surface area contributed by atoms with E-state index in [1.54, 1.807) is 0 Å². The van der Waals surface area contributed by atoms with Crippen molar-refractivity contribution in [2.75, 3.05) is 19.8 Å². The Balaban J connectivity index is 4.51. The van der Waals surface area contributed by atoms with Gasteiger partial charge in [-0.1, -0.05) is 211 Å². The fraction of sp³-hybridized carbons (Fsp3) is 0.556. The first-order chi connectivity index (χ1) is 33.6. The summed E-state index contributed by atoms with van der Waals surface area (Å²) in [6, 6.07) is 0. The number of esters is 2. The molecule has 380 valence electrons. The lowest BCUT2D eigenvalue weighted by atomic mass is 10.1. The first kappa shape index (κ1) is 63.5. The van der Waals surface area contributed by atoms with E-state index in [1.807, 2.05) is 0 Å². The zero-order valence-corrected chi connectivity index (χ0v) is 43.6. The van der Waals surface area contributed by atoms with E-state index in [1.165, 1.54) is 25.7 Å². The average molecular weight is 935 g/mol. The van der Waals surface area contributed by atoms with Crippen molar-refractivity contribution in [2.24, 2.45) is 0 Å². The van der Waals surface area contributed by atoms with Crippen LogP contribution in [0.2, 0.25) is 0 Å². The molecular weight excluding hydrogens is 837 g/mol. The Morgan fingerprint density at radius 1 is 0.324 bits per heavy atom. The van der Waals surface area contributed by atoms with E-state index in [4.69, 9.17) is 14.2 Å². The van der Waals surface area contributed by atoms with Crippen molar-refractivity contribution in [2.45, 2.75) is 207 Å². The van der Waals surface area contributed by atoms with Gasteiger partial charge in [0.2, 0.25) is 0 Å². The van der Waals surface area contributed by atoms with Gasteiger partial charge in [-0.05, 0) is 135 Å². The lowest BCUT2D eigenvalue weighted by Crippen LogP contribution is -2.30. The number of unbranched alkanes of at least 4 members (excludes halogenated alkanes) is 10. The molecule has 0 aromatic heterocycles. The van der Waals surface area contributed by atoms with Crippen molar-refractivity contribution in [3.05, 3.63) is 158 Å². The van der Waals surface area contributed by atoms with Gasteiger partial charge in [0.25, 0.3) is 0 Å². The van der Waals surface area contributed by atoms with Crippen molar-refractivity contribution >= 4 is 11.9 Å². The summed E-state index contributed by atoms with van der Waals surface area (Å²) >= 11 is 0. The molecule has 68 heavy (non-hydrogen) atoms. The van der Waals surface area contributed by atoms with E-state index in [0.717, 1.165) is 141 Å². The maximum atomic E-state index is 12.8. The zero-order valence-electron chi connectivity index (χ0n) is 43.6. The zero-order chi connectivity index (χ0) is 49.2. The first-order valence-electron chi connectivity index (χ1n) is 27.0. The van der Waals surface area contributed by atoms with Crippen molar-refractivity contribution in [3.63, 3.8) is 0 Å². The van der Waals surface area contributed by atoms with Crippen molar-refractivity contribution in [1.29, 1.82) is 0 Å². The van der Waals surface area contributed by atoms with Crippen LogP contribution in [0.3, 0.4) is 0 Å². The van der Waals surface area contributed by atoms with Crippen LogP contribution < -0.4 is 0 Å². The Kier molecular flexibility index (Phi) is 53.1. The van der Waals surface area contributed by atoms with E-state index in [-0.39, 0.29) is 25.2 Å². The number of hydrogen-bond donors (Lipinski definition) is 0. The van der Waals surface area contributed by atoms with E-state index < -0.39 is 6.10 Å². The van der Waals surface area contributed by atoms with Gasteiger partial charge in [-0.2, -0.15) is 0 Å². The molecule has 0 aromatic rings. The number of carbonyl (C=O) groups excluding carboxylic acids is 2. The molecule has 0 radical (unpaired) electrons. The molecule has 0 rings (SSSR count). The summed E-state index contributed by atoms with van der Waals surface area (Å²) in [6.07, 6.45) is 84.1. The summed E-state index contributed by atoms with van der Waals surface area (Å²) in [6.45, 7) is 7.29. The lowest BCUT2D eigenvalue weighted by Gasteiger charge is -2.18. The number of carbonyl (C=O) groups is 2. The predicted octanol–water partition coefficient (Wildman–Crippen LogP) is 18.7. The Hall–Kier alpha value is -4.48. The Bertz CT molecular complexity index is 1520. The summed E-state index contributed by atoms with van der Waals surface area (Å²) in [5.41, 5.74) is 0. The van der Waals surface area contributed by atoms with E-state index in [9.17, 15) is 9.59 Å². The van der Waals surface area contributed by atoms with E-state index in [0.29, 0.717) is 19.4 Å². The lowest BCUT2D eigenvalue weighted by molar-refractivity contribution is -0.163. The van der Waals surface area contributed by atoms with Gasteiger partial charge in [0.1, 0.15) is 6.61 Å². The van der Waals surface area contributed by atoms with Gasteiger partial charge in [-0.3, -0.25) is 9.59 Å². The molecule has 5 nitrogen and oxygen atoms in total. The summed E-state index contributed by atoms with van der Waals surface area (Å²) < 4.78 is 17.3. The fourth-order valence-electron chi connectivity index (χ4n) is 6.64. The topological polar surface area (TPSA) is 61.8 Å². The largest absolute Gasteiger partial charge is 0.462 e. The number of rotatable bonds is 47. The van der Waals surface area contributed by atoms with Crippen molar-refractivity contribution in [3.8, 4) is 0 Å². The smallest absolute Gasteiger partial charge is 0.306 e. The Morgan fingerprint density at radius 3 is 1.03 bits per heavy atom. The van der Waals surface area contributed by atoms with Gasteiger partial charge in [0.05, 0.1) is 6.61 Å². The monoisotopic (exact) mass is 935 g/mol. The van der Waals surface area contributed by atoms with Crippen LogP contribution in [-0.2, 0) is 23.8 Å². The van der Waals surface area contributed by atoms with Crippen LogP contribution in [0.1, 0.15) is 201 Å². The molecular formula is C63H98O5. The molecule has 0 saturated heterocycles. The highest BCUT2D eigenvalue weighted by molar-refractivity contribution is 5.70. The second-order valence-corrected chi connectivity index (χ2v) is 17.0. The van der Waals surface area contributed by atoms with Gasteiger partial charge < -0.3 is 14.2 Å². The minimum Gasteiger partial charge on any atom is -0.462 e. The molecule has 0 aliphatic carbocycles. The Morgan fingerprint density at radius 2 is 0.632 bits per heavy atom. The summed E-state index contributed by atoms with van der Waals surface area (Å²) in [5, 5.41) is 0. The number of hydrogen-bond acceptors (Lipinski definition) is 5. The highest BCUT2D eigenvalue weighted by Crippen LogP contribution is 2.12. The van der Waals surface area contributed by atoms with E-state index >= 15 is 0 Å². The highest BCUT2D eigenvalue weighted by atomic mass is 16.6. The van der Waals surface area contributed by atoms with Crippen LogP contribution in [0.25, 0.3) is 0 Å². The van der Waals surface area contributed by atoms with E-state index in [2.05, 4.69) is 179 Å². The molecule has 1 unspecified atom stereocenters. The van der Waals surface area contributed by atoms with Gasteiger partial charge >= 0.3 is 11.9 Å². The molecule has 0 fully saturated rings. The second-order valence-electron chi connectivity index (χ2n) is 17.0. The molecule has 5 heteroatoms. The number of ether oxygens (including phenoxy) is 3. The summed E-state index contributed by atoms with van der Waals surface area (Å²) in [7, 11) is 0. The molecule has 0 saturated carbocycles. The maximum absolute atomic E-state index is 12.8. The molecule has 0 spiro atoms. The minimum atomic E-state index is -0.601. The second kappa shape index (κ2) is 56.8. The third-order valence-corrected chi connectivity index (χ3v) is 10.5. The van der Waals surface area contributed by atoms with Gasteiger partial charge in [-0.15, -0.1) is 0 Å². The third kappa shape index (κ3) is 54.1. The molecule has 0 aliphatic rings. The summed E-state index contributed by atoms with van der Waals surface area (Å²) in [5.74, 6) is -0.514. The highest BCUT2D eigenvalue weighted by Gasteiger charge is 2.17. The Labute approximate surface area is 418 Å². The molecule has 0 N–H and O–H groups in total. The quantitative estimate of drug-likeness (QED) is 0.0346. The third-order valence-electron chi connectivity index (χ3n) is 10.5. The van der Waals surface area contributed by atoms with Crippen LogP contribution in [0.5, 0.6) is 0 Å². The summed E-state index contributed by atoms with van der Waals surface area (Å²) in [4.78, 5) is 25.5. The standard InChI is InChI=1S/C63H98O5/c1-4-7-10-13-16-19-22-25-28-31-34-37-40-43-46-49-52-55-58-66-59-61(68-63(65)57-54-51-48-45-42-39-36-33-30-27-24-21-18-15-12-9-6-3)60-67-62(64)56-53-50-47-44-41-38-35-32-29-26-23-20-17-14-11-8-5-2/h7-12,16-21,25-30,34-35,37-38,43-44,46-47,61H,4-6,13-15,22-24,31-33,36,39-42,45,48-60H2,1-3H3/b10-7-,11-8-,12-9-,19-16-,20-17-,21-18-,28-25-,29-26-,30-27-,37-34-,38-35-,46-43-,47-44-. The predicted molar refractivity (Wildman–Crippen MR) is 297 cm³/mol. The fourth-order valence-corrected chi connectivity index (χ4v) is 6.64. The van der Waals surface area contributed by atoms with Gasteiger partial charge in [0.15, 0.2) is 6.10 Å². The van der Waals surface area contributed by atoms with Crippen LogP contribution >= 0.6 is 0 Å². The van der Waals surface area contributed by atoms with Crippen LogP contribution in [0.4, 0.5) is 0 Å². The molecule has 0 aliphatic heterocycles. The van der Waals surface area contributed by atoms with Crippen molar-refractivity contribution < 1.29 is 23.8 Å². The molecule has 0 amide bonds. The molecule has 0 bridgehead atoms. The van der Waals surface area contributed by atoms with Gasteiger partial charge in [0, 0.05) is 19.4 Å². The molecule has 0 aromatic carbocycles. The number of allylic oxidation sites excluding steroid dienone is 26. The average Bonchev–Trinajstić information content (AvgIpc) is 3.34. The molecule has 0 heterocycles. The normalized spacial score (nSPS) is 13.5.